The number of ether oxygens (including phenoxy) is 3. The minimum atomic E-state index is -4.82. The summed E-state index contributed by atoms with van der Waals surface area (Å²) in [7, 11) is 3.08. The first-order chi connectivity index (χ1) is 17.2. The number of rotatable bonds is 5. The molecule has 0 saturated carbocycles. The number of fused-ring (bicyclic) bond motifs is 1. The molecule has 5 rings (SSSR count). The van der Waals surface area contributed by atoms with E-state index in [9.17, 15) is 22.8 Å². The van der Waals surface area contributed by atoms with Gasteiger partial charge in [0.05, 0.1) is 19.8 Å². The van der Waals surface area contributed by atoms with Crippen LogP contribution < -0.4 is 25.1 Å². The van der Waals surface area contributed by atoms with Crippen molar-refractivity contribution in [1.82, 2.24) is 10.2 Å². The van der Waals surface area contributed by atoms with Crippen molar-refractivity contribution in [3.63, 3.8) is 0 Å². The lowest BCUT2D eigenvalue weighted by molar-refractivity contribution is -0.274. The van der Waals surface area contributed by atoms with Crippen molar-refractivity contribution in [1.29, 1.82) is 0 Å². The molecule has 1 aliphatic heterocycles. The van der Waals surface area contributed by atoms with Crippen LogP contribution in [0.1, 0.15) is 41.4 Å². The maximum absolute atomic E-state index is 13.5. The van der Waals surface area contributed by atoms with Gasteiger partial charge < -0.3 is 19.5 Å². The number of alkyl halides is 3. The molecule has 36 heavy (non-hydrogen) atoms. The Morgan fingerprint density at radius 2 is 1.58 bits per heavy atom. The lowest BCUT2D eigenvalue weighted by Gasteiger charge is -2.34. The highest BCUT2D eigenvalue weighted by Gasteiger charge is 2.40. The number of carbonyl (C=O) groups excluding carboxylic acids is 1. The van der Waals surface area contributed by atoms with Gasteiger partial charge in [0.15, 0.2) is 17.3 Å². The zero-order valence-corrected chi connectivity index (χ0v) is 19.3. The van der Waals surface area contributed by atoms with E-state index in [4.69, 9.17) is 9.47 Å². The van der Waals surface area contributed by atoms with Crippen LogP contribution in [0.5, 0.6) is 17.2 Å². The topological polar surface area (TPSA) is 105 Å². The van der Waals surface area contributed by atoms with Crippen LogP contribution >= 0.6 is 0 Å². The maximum Gasteiger partial charge on any atom is 0.573 e. The molecule has 0 fully saturated rings. The molecule has 0 bridgehead atoms. The summed E-state index contributed by atoms with van der Waals surface area (Å²) in [5, 5.41) is 8.52. The van der Waals surface area contributed by atoms with Gasteiger partial charge in [-0.2, -0.15) is 0 Å². The number of methoxy groups -OCH3 is 2. The van der Waals surface area contributed by atoms with Crippen molar-refractivity contribution in [2.24, 2.45) is 0 Å². The molecule has 0 unspecified atom stereocenters. The van der Waals surface area contributed by atoms with E-state index >= 15 is 0 Å². The molecule has 1 aromatic heterocycles. The SMILES string of the molecule is COc1ccc([C@H]2CC(=O)C3=C(C2)Nc2[nH][nH]c(=O)c2[C@@H]3c2ccc(OC(F)(F)F)cc2)cc1OC. The molecule has 1 aliphatic carbocycles. The van der Waals surface area contributed by atoms with Gasteiger partial charge in [-0.3, -0.25) is 19.8 Å². The van der Waals surface area contributed by atoms with Crippen molar-refractivity contribution in [2.75, 3.05) is 19.5 Å². The van der Waals surface area contributed by atoms with Crippen LogP contribution in [0.25, 0.3) is 0 Å². The van der Waals surface area contributed by atoms with Gasteiger partial charge in [0.25, 0.3) is 5.56 Å². The van der Waals surface area contributed by atoms with Gasteiger partial charge in [-0.1, -0.05) is 18.2 Å². The number of ketones is 1. The molecule has 2 aliphatic rings. The first-order valence-electron chi connectivity index (χ1n) is 11.1. The monoisotopic (exact) mass is 501 g/mol. The number of hydrogen-bond acceptors (Lipinski definition) is 6. The first-order valence-corrected chi connectivity index (χ1v) is 11.1. The molecule has 0 saturated heterocycles. The number of aromatic nitrogens is 2. The summed E-state index contributed by atoms with van der Waals surface area (Å²) in [6.45, 7) is 0. The average Bonchev–Trinajstić information content (AvgIpc) is 3.22. The predicted octanol–water partition coefficient (Wildman–Crippen LogP) is 4.58. The molecule has 2 heterocycles. The van der Waals surface area contributed by atoms with E-state index in [1.807, 2.05) is 12.1 Å². The fourth-order valence-corrected chi connectivity index (χ4v) is 4.96. The third-order valence-electron chi connectivity index (χ3n) is 6.50. The molecule has 2 atom stereocenters. The Bertz CT molecular complexity index is 1410. The highest BCUT2D eigenvalue weighted by atomic mass is 19.4. The number of aromatic amines is 2. The van der Waals surface area contributed by atoms with E-state index < -0.39 is 17.8 Å². The summed E-state index contributed by atoms with van der Waals surface area (Å²) in [5.41, 5.74) is 2.36. The van der Waals surface area contributed by atoms with Crippen LogP contribution in [0.2, 0.25) is 0 Å². The average molecular weight is 501 g/mol. The third-order valence-corrected chi connectivity index (χ3v) is 6.50. The van der Waals surface area contributed by atoms with Crippen molar-refractivity contribution in [3.8, 4) is 17.2 Å². The zero-order chi connectivity index (χ0) is 25.6. The van der Waals surface area contributed by atoms with E-state index in [-0.39, 0.29) is 23.9 Å². The van der Waals surface area contributed by atoms with Gasteiger partial charge >= 0.3 is 6.36 Å². The molecule has 3 N–H and O–H groups in total. The van der Waals surface area contributed by atoms with E-state index in [0.29, 0.717) is 46.1 Å². The van der Waals surface area contributed by atoms with Crippen molar-refractivity contribution >= 4 is 11.6 Å². The molecular formula is C25H22F3N3O5. The van der Waals surface area contributed by atoms with Crippen LogP contribution in [-0.4, -0.2) is 36.6 Å². The second-order valence-electron chi connectivity index (χ2n) is 8.58. The van der Waals surface area contributed by atoms with Gasteiger partial charge in [0, 0.05) is 23.6 Å². The first kappa shape index (κ1) is 23.6. The lowest BCUT2D eigenvalue weighted by atomic mass is 9.73. The van der Waals surface area contributed by atoms with Crippen molar-refractivity contribution in [2.45, 2.75) is 31.0 Å². The minimum Gasteiger partial charge on any atom is -0.493 e. The highest BCUT2D eigenvalue weighted by Crippen LogP contribution is 2.47. The second-order valence-corrected chi connectivity index (χ2v) is 8.58. The van der Waals surface area contributed by atoms with Crippen LogP contribution in [0, 0.1) is 0 Å². The molecule has 0 amide bonds. The molecule has 11 heteroatoms. The Hall–Kier alpha value is -4.15. The number of halogens is 3. The highest BCUT2D eigenvalue weighted by molar-refractivity contribution is 6.01. The van der Waals surface area contributed by atoms with E-state index in [0.717, 1.165) is 5.56 Å². The minimum absolute atomic E-state index is 0.154. The molecule has 0 spiro atoms. The summed E-state index contributed by atoms with van der Waals surface area (Å²) < 4.78 is 52.5. The molecular weight excluding hydrogens is 479 g/mol. The number of benzene rings is 2. The Kier molecular flexibility index (Phi) is 5.77. The van der Waals surface area contributed by atoms with Crippen molar-refractivity contribution in [3.05, 3.63) is 80.8 Å². The lowest BCUT2D eigenvalue weighted by Crippen LogP contribution is -2.31. The second kappa shape index (κ2) is 8.81. The number of carbonyl (C=O) groups is 1. The number of Topliss-reactive ketones (excluding diaryl/α,β-unsaturated/α-hetero) is 1. The number of anilines is 1. The number of H-pyrrole nitrogens is 2. The number of hydrogen-bond donors (Lipinski definition) is 3. The van der Waals surface area contributed by atoms with Gasteiger partial charge in [-0.15, -0.1) is 13.2 Å². The maximum atomic E-state index is 13.5. The van der Waals surface area contributed by atoms with E-state index in [2.05, 4.69) is 20.3 Å². The van der Waals surface area contributed by atoms with Gasteiger partial charge in [-0.25, -0.2) is 0 Å². The van der Waals surface area contributed by atoms with Crippen LogP contribution in [0.3, 0.4) is 0 Å². The Morgan fingerprint density at radius 3 is 2.25 bits per heavy atom. The smallest absolute Gasteiger partial charge is 0.493 e. The number of allylic oxidation sites excluding steroid dienone is 2. The van der Waals surface area contributed by atoms with Gasteiger partial charge in [-0.05, 0) is 47.7 Å². The van der Waals surface area contributed by atoms with E-state index in [1.165, 1.54) is 31.4 Å². The summed E-state index contributed by atoms with van der Waals surface area (Å²) in [6.07, 6.45) is -4.15. The predicted molar refractivity (Wildman–Crippen MR) is 124 cm³/mol. The summed E-state index contributed by atoms with van der Waals surface area (Å²) in [5.74, 6) is 0.0994. The summed E-state index contributed by atoms with van der Waals surface area (Å²) in [4.78, 5) is 26.2. The number of nitrogens with one attached hydrogen (secondary N) is 3. The van der Waals surface area contributed by atoms with Gasteiger partial charge in [0.1, 0.15) is 11.6 Å². The third kappa shape index (κ3) is 4.21. The van der Waals surface area contributed by atoms with E-state index in [1.54, 1.807) is 13.2 Å². The molecule has 8 nitrogen and oxygen atoms in total. The van der Waals surface area contributed by atoms with Crippen LogP contribution in [-0.2, 0) is 4.79 Å². The summed E-state index contributed by atoms with van der Waals surface area (Å²) in [6, 6.07) is 10.7. The summed E-state index contributed by atoms with van der Waals surface area (Å²) >= 11 is 0. The molecule has 0 radical (unpaired) electrons. The Labute approximate surface area is 203 Å². The quantitative estimate of drug-likeness (QED) is 0.473. The molecule has 3 aromatic rings. The molecule has 188 valence electrons. The molecule has 2 aromatic carbocycles. The normalized spacial score (nSPS) is 19.3. The fourth-order valence-electron chi connectivity index (χ4n) is 4.96. The van der Waals surface area contributed by atoms with Crippen LogP contribution in [0.15, 0.2) is 58.5 Å². The zero-order valence-electron chi connectivity index (χ0n) is 19.3. The Morgan fingerprint density at radius 1 is 0.889 bits per heavy atom. The fraction of sp³-hybridized carbons (Fsp3) is 0.280. The Balaban J connectivity index is 1.53. The standard InChI is InChI=1S/C25H22F3N3O5/c1-34-18-8-5-13(11-19(18)35-2)14-9-16-21(17(32)10-14)20(22-23(29-16)30-31-24(22)33)12-3-6-15(7-4-12)36-25(26,27)28/h3-8,11,14,20H,9-10H2,1-2H3,(H3,29,30,31,33)/t14-,20-/m1/s1. The largest absolute Gasteiger partial charge is 0.573 e. The van der Waals surface area contributed by atoms with Crippen LogP contribution in [0.4, 0.5) is 19.0 Å². The van der Waals surface area contributed by atoms with Crippen molar-refractivity contribution < 1.29 is 32.2 Å². The van der Waals surface area contributed by atoms with Gasteiger partial charge in [0.2, 0.25) is 0 Å².